The molecule has 184 valence electrons. The molecule has 0 unspecified atom stereocenters. The van der Waals surface area contributed by atoms with Crippen LogP contribution in [0, 0.1) is 0 Å². The first kappa shape index (κ1) is 25.2. The highest BCUT2D eigenvalue weighted by atomic mass is 19.4. The molecule has 2 amide bonds. The Balaban J connectivity index is 1.40. The molecule has 0 aliphatic heterocycles. The van der Waals surface area contributed by atoms with Crippen molar-refractivity contribution in [1.82, 2.24) is 5.32 Å². The van der Waals surface area contributed by atoms with E-state index < -0.39 is 12.4 Å². The van der Waals surface area contributed by atoms with Crippen LogP contribution in [0.25, 0.3) is 0 Å². The average Bonchev–Trinajstić information content (AvgIpc) is 2.75. The normalized spacial score (nSPS) is 18.2. The number of urea groups is 1. The summed E-state index contributed by atoms with van der Waals surface area (Å²) < 4.78 is 51.6. The molecule has 0 saturated heterocycles. The minimum absolute atomic E-state index is 0.00393. The van der Waals surface area contributed by atoms with Gasteiger partial charge in [-0.25, -0.2) is 9.59 Å². The third kappa shape index (κ3) is 8.17. The Labute approximate surface area is 195 Å². The van der Waals surface area contributed by atoms with Crippen LogP contribution in [0.4, 0.5) is 23.7 Å². The van der Waals surface area contributed by atoms with E-state index >= 15 is 0 Å². The van der Waals surface area contributed by atoms with Crippen LogP contribution in [0.1, 0.15) is 49.9 Å². The van der Waals surface area contributed by atoms with Crippen molar-refractivity contribution in [2.45, 2.75) is 64.1 Å². The molecule has 0 atom stereocenters. The second-order valence-electron chi connectivity index (χ2n) is 8.24. The van der Waals surface area contributed by atoms with Gasteiger partial charge in [0.05, 0.1) is 17.8 Å². The Bertz CT molecular complexity index is 954. The van der Waals surface area contributed by atoms with Crippen LogP contribution >= 0.6 is 0 Å². The summed E-state index contributed by atoms with van der Waals surface area (Å²) in [4.78, 5) is 24.1. The maximum atomic E-state index is 12.2. The van der Waals surface area contributed by atoms with Crippen LogP contribution < -0.4 is 20.1 Å². The quantitative estimate of drug-likeness (QED) is 0.500. The number of hydrogen-bond acceptors (Lipinski definition) is 5. The Hall–Kier alpha value is -3.43. The number of ether oxygens (including phenoxy) is 3. The summed E-state index contributed by atoms with van der Waals surface area (Å²) in [5.74, 6) is -0.0768. The molecule has 1 aliphatic carbocycles. The Morgan fingerprint density at radius 2 is 1.50 bits per heavy atom. The number of benzene rings is 2. The summed E-state index contributed by atoms with van der Waals surface area (Å²) >= 11 is 0. The van der Waals surface area contributed by atoms with Crippen molar-refractivity contribution in [3.63, 3.8) is 0 Å². The number of anilines is 1. The second kappa shape index (κ2) is 11.1. The maximum Gasteiger partial charge on any atom is 0.573 e. The molecule has 2 N–H and O–H groups in total. The van der Waals surface area contributed by atoms with Gasteiger partial charge in [-0.1, -0.05) is 0 Å². The van der Waals surface area contributed by atoms with E-state index in [-0.39, 0.29) is 30.0 Å². The second-order valence-corrected chi connectivity index (χ2v) is 8.24. The highest BCUT2D eigenvalue weighted by Gasteiger charge is 2.31. The average molecular weight is 480 g/mol. The van der Waals surface area contributed by atoms with Crippen molar-refractivity contribution >= 4 is 17.7 Å². The molecule has 0 heterocycles. The van der Waals surface area contributed by atoms with Gasteiger partial charge in [-0.15, -0.1) is 13.2 Å². The molecule has 1 aliphatic rings. The van der Waals surface area contributed by atoms with E-state index in [2.05, 4.69) is 15.4 Å². The fourth-order valence-corrected chi connectivity index (χ4v) is 3.56. The van der Waals surface area contributed by atoms with Gasteiger partial charge in [0, 0.05) is 11.7 Å². The molecule has 7 nitrogen and oxygen atoms in total. The summed E-state index contributed by atoms with van der Waals surface area (Å²) in [6.45, 7) is 3.58. The molecule has 2 aromatic rings. The van der Waals surface area contributed by atoms with Gasteiger partial charge in [0.2, 0.25) is 0 Å². The molecule has 10 heteroatoms. The zero-order valence-corrected chi connectivity index (χ0v) is 18.9. The van der Waals surface area contributed by atoms with E-state index in [0.29, 0.717) is 17.0 Å². The lowest BCUT2D eigenvalue weighted by molar-refractivity contribution is -0.274. The van der Waals surface area contributed by atoms with Gasteiger partial charge >= 0.3 is 18.4 Å². The molecule has 0 radical (unpaired) electrons. The van der Waals surface area contributed by atoms with Crippen LogP contribution in [-0.4, -0.2) is 36.6 Å². The lowest BCUT2D eigenvalue weighted by atomic mass is 9.93. The highest BCUT2D eigenvalue weighted by Crippen LogP contribution is 2.26. The van der Waals surface area contributed by atoms with E-state index in [1.165, 1.54) is 12.1 Å². The predicted octanol–water partition coefficient (Wildman–Crippen LogP) is 5.66. The smallest absolute Gasteiger partial charge is 0.490 e. The maximum absolute atomic E-state index is 12.2. The summed E-state index contributed by atoms with van der Waals surface area (Å²) in [5.41, 5.74) is 0.812. The highest BCUT2D eigenvalue weighted by molar-refractivity contribution is 5.90. The molecule has 0 bridgehead atoms. The van der Waals surface area contributed by atoms with Gasteiger partial charge in [0.15, 0.2) is 0 Å². The van der Waals surface area contributed by atoms with Crippen molar-refractivity contribution in [2.24, 2.45) is 0 Å². The minimum Gasteiger partial charge on any atom is -0.490 e. The number of esters is 1. The first-order chi connectivity index (χ1) is 16.1. The van der Waals surface area contributed by atoms with Crippen molar-refractivity contribution in [1.29, 1.82) is 0 Å². The Morgan fingerprint density at radius 3 is 2.06 bits per heavy atom. The van der Waals surface area contributed by atoms with Gasteiger partial charge in [-0.2, -0.15) is 0 Å². The van der Waals surface area contributed by atoms with Gasteiger partial charge in [-0.3, -0.25) is 0 Å². The zero-order valence-electron chi connectivity index (χ0n) is 18.9. The van der Waals surface area contributed by atoms with Gasteiger partial charge < -0.3 is 24.8 Å². The number of hydrogen-bond donors (Lipinski definition) is 2. The van der Waals surface area contributed by atoms with Gasteiger partial charge in [0.25, 0.3) is 0 Å². The zero-order chi connectivity index (χ0) is 24.7. The monoisotopic (exact) mass is 480 g/mol. The number of alkyl halides is 3. The molecule has 1 saturated carbocycles. The fraction of sp³-hybridized carbons (Fsp3) is 0.417. The molecular formula is C24H27F3N2O5. The van der Waals surface area contributed by atoms with Crippen molar-refractivity contribution in [2.75, 3.05) is 5.32 Å². The number of amides is 2. The number of rotatable bonds is 7. The Morgan fingerprint density at radius 1 is 0.912 bits per heavy atom. The summed E-state index contributed by atoms with van der Waals surface area (Å²) in [6, 6.07) is 11.3. The predicted molar refractivity (Wildman–Crippen MR) is 119 cm³/mol. The largest absolute Gasteiger partial charge is 0.573 e. The van der Waals surface area contributed by atoms with E-state index in [0.717, 1.165) is 37.8 Å². The number of nitrogens with one attached hydrogen (secondary N) is 2. The van der Waals surface area contributed by atoms with Crippen LogP contribution in [0.5, 0.6) is 11.5 Å². The number of carbonyl (C=O) groups excluding carboxylic acids is 2. The third-order valence-corrected chi connectivity index (χ3v) is 5.09. The van der Waals surface area contributed by atoms with Crippen molar-refractivity contribution in [3.05, 3.63) is 54.1 Å². The molecule has 3 rings (SSSR count). The summed E-state index contributed by atoms with van der Waals surface area (Å²) in [5, 5.41) is 5.47. The fourth-order valence-electron chi connectivity index (χ4n) is 3.56. The lowest BCUT2D eigenvalue weighted by Gasteiger charge is -2.29. The number of halogens is 3. The van der Waals surface area contributed by atoms with E-state index in [9.17, 15) is 22.8 Å². The van der Waals surface area contributed by atoms with Crippen LogP contribution in [0.3, 0.4) is 0 Å². The van der Waals surface area contributed by atoms with Crippen LogP contribution in [0.2, 0.25) is 0 Å². The van der Waals surface area contributed by atoms with Crippen molar-refractivity contribution in [3.8, 4) is 11.5 Å². The lowest BCUT2D eigenvalue weighted by Crippen LogP contribution is -2.41. The Kier molecular flexibility index (Phi) is 8.25. The first-order valence-electron chi connectivity index (χ1n) is 11.0. The third-order valence-electron chi connectivity index (χ3n) is 5.09. The summed E-state index contributed by atoms with van der Waals surface area (Å²) in [6.07, 6.45) is -2.04. The topological polar surface area (TPSA) is 85.9 Å². The molecule has 0 spiro atoms. The van der Waals surface area contributed by atoms with Gasteiger partial charge in [0.1, 0.15) is 11.5 Å². The molecular weight excluding hydrogens is 453 g/mol. The molecule has 0 aromatic heterocycles. The van der Waals surface area contributed by atoms with Gasteiger partial charge in [-0.05, 0) is 88.1 Å². The SMILES string of the molecule is CC(C)OC(=O)c1ccc(OC2CCC(NC(=O)Nc3ccc(OC(F)(F)F)cc3)CC2)cc1. The van der Waals surface area contributed by atoms with E-state index in [4.69, 9.17) is 9.47 Å². The minimum atomic E-state index is -4.76. The van der Waals surface area contributed by atoms with Crippen LogP contribution in [0.15, 0.2) is 48.5 Å². The van der Waals surface area contributed by atoms with E-state index in [1.807, 2.05) is 0 Å². The first-order valence-corrected chi connectivity index (χ1v) is 11.0. The molecule has 34 heavy (non-hydrogen) atoms. The van der Waals surface area contributed by atoms with Crippen LogP contribution in [-0.2, 0) is 4.74 Å². The number of carbonyl (C=O) groups is 2. The van der Waals surface area contributed by atoms with E-state index in [1.54, 1.807) is 38.1 Å². The molecule has 2 aromatic carbocycles. The standard InChI is InChI=1S/C24H27F3N2O5/c1-15(2)32-22(30)16-3-9-19(10-4-16)33-20-11-5-17(6-12-20)28-23(31)29-18-7-13-21(14-8-18)34-24(25,26)27/h3-4,7-10,13-15,17,20H,5-6,11-12H2,1-2H3,(H2,28,29,31). The molecule has 1 fully saturated rings. The van der Waals surface area contributed by atoms with Crippen molar-refractivity contribution < 1.29 is 37.0 Å². The summed E-state index contributed by atoms with van der Waals surface area (Å²) in [7, 11) is 0.